The third kappa shape index (κ3) is 4.42. The second-order valence-corrected chi connectivity index (χ2v) is 3.94. The van der Waals surface area contributed by atoms with Gasteiger partial charge in [-0.05, 0) is 13.3 Å². The van der Waals surface area contributed by atoms with Crippen molar-refractivity contribution in [3.8, 4) is 0 Å². The van der Waals surface area contributed by atoms with Crippen LogP contribution >= 0.6 is 12.1 Å². The van der Waals surface area contributed by atoms with Gasteiger partial charge in [-0.15, -0.1) is 5.10 Å². The number of carbonyl (C=O) groups is 1. The number of rotatable bonds is 7. The van der Waals surface area contributed by atoms with Gasteiger partial charge in [-0.2, -0.15) is 3.89 Å². The predicted octanol–water partition coefficient (Wildman–Crippen LogP) is 1.81. The molecule has 0 aliphatic rings. The summed E-state index contributed by atoms with van der Waals surface area (Å²) in [5, 5.41) is 7.66. The van der Waals surface area contributed by atoms with Crippen LogP contribution < -0.4 is 0 Å². The van der Waals surface area contributed by atoms with Gasteiger partial charge in [0.1, 0.15) is 5.78 Å². The quantitative estimate of drug-likeness (QED) is 0.718. The van der Waals surface area contributed by atoms with Crippen molar-refractivity contribution >= 4 is 17.9 Å². The van der Waals surface area contributed by atoms with Crippen LogP contribution in [0.15, 0.2) is 6.20 Å². The van der Waals surface area contributed by atoms with Gasteiger partial charge in [0.05, 0.1) is 11.9 Å². The first-order chi connectivity index (χ1) is 7.24. The van der Waals surface area contributed by atoms with Crippen molar-refractivity contribution < 1.29 is 8.68 Å². The number of hydrogen-bond acceptors (Lipinski definition) is 4. The number of Topliss-reactive ketones (excluding diaryl/α,β-unsaturated/α-hetero) is 1. The molecule has 0 saturated carbocycles. The van der Waals surface area contributed by atoms with E-state index in [1.54, 1.807) is 17.8 Å². The maximum absolute atomic E-state index is 11.9. The predicted molar refractivity (Wildman–Crippen MR) is 57.2 cm³/mol. The van der Waals surface area contributed by atoms with Crippen LogP contribution in [-0.2, 0) is 17.8 Å². The summed E-state index contributed by atoms with van der Waals surface area (Å²) in [5.74, 6) is 0.594. The standard InChI is InChI=1S/C9H14FN3OS/c1-8(14)3-2-5-13-9(4-6-15-10)7-11-12-13/h7H,2-6H2,1H3. The molecule has 0 saturated heterocycles. The monoisotopic (exact) mass is 231 g/mol. The van der Waals surface area contributed by atoms with E-state index in [0.717, 1.165) is 12.1 Å². The summed E-state index contributed by atoms with van der Waals surface area (Å²) in [7, 11) is 0. The van der Waals surface area contributed by atoms with Gasteiger partial charge in [0.15, 0.2) is 0 Å². The zero-order valence-corrected chi connectivity index (χ0v) is 9.47. The molecule has 0 N–H and O–H groups in total. The molecule has 4 nitrogen and oxygen atoms in total. The molecule has 1 aromatic heterocycles. The Morgan fingerprint density at radius 3 is 3.13 bits per heavy atom. The molecule has 0 aliphatic heterocycles. The van der Waals surface area contributed by atoms with E-state index in [1.165, 1.54) is 0 Å². The van der Waals surface area contributed by atoms with E-state index in [-0.39, 0.29) is 5.78 Å². The van der Waals surface area contributed by atoms with Gasteiger partial charge in [0.2, 0.25) is 0 Å². The maximum atomic E-state index is 11.9. The van der Waals surface area contributed by atoms with E-state index in [1.807, 2.05) is 0 Å². The molecule has 1 aromatic rings. The van der Waals surface area contributed by atoms with Crippen LogP contribution in [0.1, 0.15) is 25.5 Å². The molecule has 0 fully saturated rings. The number of aryl methyl sites for hydroxylation is 2. The smallest absolute Gasteiger partial charge is 0.129 e. The second-order valence-electron chi connectivity index (χ2n) is 3.32. The summed E-state index contributed by atoms with van der Waals surface area (Å²) in [6.07, 6.45) is 3.57. The minimum atomic E-state index is 0.177. The Hall–Kier alpha value is -0.910. The van der Waals surface area contributed by atoms with E-state index >= 15 is 0 Å². The number of hydrogen-bond donors (Lipinski definition) is 0. The maximum Gasteiger partial charge on any atom is 0.129 e. The normalized spacial score (nSPS) is 10.5. The summed E-state index contributed by atoms with van der Waals surface area (Å²) in [5.41, 5.74) is 0.920. The fourth-order valence-electron chi connectivity index (χ4n) is 1.28. The van der Waals surface area contributed by atoms with Crippen molar-refractivity contribution in [3.63, 3.8) is 0 Å². The summed E-state index contributed by atoms with van der Waals surface area (Å²) in [6, 6.07) is 0. The third-order valence-corrected chi connectivity index (χ3v) is 2.39. The molecule has 0 radical (unpaired) electrons. The topological polar surface area (TPSA) is 47.8 Å². The average Bonchev–Trinajstić information content (AvgIpc) is 2.62. The van der Waals surface area contributed by atoms with Crippen molar-refractivity contribution in [1.29, 1.82) is 0 Å². The lowest BCUT2D eigenvalue weighted by Crippen LogP contribution is -2.07. The van der Waals surface area contributed by atoms with Crippen molar-refractivity contribution in [3.05, 3.63) is 11.9 Å². The van der Waals surface area contributed by atoms with Crippen molar-refractivity contribution in [2.45, 2.75) is 32.7 Å². The van der Waals surface area contributed by atoms with Crippen LogP contribution in [0.2, 0.25) is 0 Å². The van der Waals surface area contributed by atoms with Crippen molar-refractivity contribution in [2.24, 2.45) is 0 Å². The Morgan fingerprint density at radius 2 is 2.47 bits per heavy atom. The molecule has 1 rings (SSSR count). The molecular weight excluding hydrogens is 217 g/mol. The summed E-state index contributed by atoms with van der Waals surface area (Å²) >= 11 is 0.314. The molecule has 15 heavy (non-hydrogen) atoms. The van der Waals surface area contributed by atoms with Gasteiger partial charge in [0, 0.05) is 37.3 Å². The van der Waals surface area contributed by atoms with Gasteiger partial charge in [-0.3, -0.25) is 0 Å². The Bertz CT molecular complexity index is 316. The highest BCUT2D eigenvalue weighted by Crippen LogP contribution is 2.07. The Morgan fingerprint density at radius 1 is 1.67 bits per heavy atom. The molecular formula is C9H14FN3OS. The van der Waals surface area contributed by atoms with E-state index in [9.17, 15) is 8.68 Å². The van der Waals surface area contributed by atoms with Crippen LogP contribution in [-0.4, -0.2) is 26.5 Å². The molecule has 0 spiro atoms. The Labute approximate surface area is 92.5 Å². The van der Waals surface area contributed by atoms with Gasteiger partial charge in [-0.1, -0.05) is 5.21 Å². The summed E-state index contributed by atoms with van der Waals surface area (Å²) in [6.45, 7) is 2.24. The summed E-state index contributed by atoms with van der Waals surface area (Å²) < 4.78 is 13.6. The lowest BCUT2D eigenvalue weighted by molar-refractivity contribution is -0.117. The molecule has 6 heteroatoms. The molecule has 0 bridgehead atoms. The molecule has 84 valence electrons. The fourth-order valence-corrected chi connectivity index (χ4v) is 1.57. The van der Waals surface area contributed by atoms with E-state index in [4.69, 9.17) is 0 Å². The molecule has 0 amide bonds. The molecule has 0 aliphatic carbocycles. The van der Waals surface area contributed by atoms with Gasteiger partial charge in [-0.25, -0.2) is 4.68 Å². The van der Waals surface area contributed by atoms with E-state index in [0.29, 0.717) is 37.3 Å². The van der Waals surface area contributed by atoms with Crippen LogP contribution in [0.5, 0.6) is 0 Å². The van der Waals surface area contributed by atoms with Crippen molar-refractivity contribution in [2.75, 3.05) is 5.75 Å². The number of nitrogens with zero attached hydrogens (tertiary/aromatic N) is 3. The first kappa shape index (κ1) is 12.2. The SMILES string of the molecule is CC(=O)CCCn1nncc1CCSF. The minimum absolute atomic E-state index is 0.177. The number of halogens is 1. The average molecular weight is 231 g/mol. The highest BCUT2D eigenvalue weighted by Gasteiger charge is 2.04. The molecule has 0 unspecified atom stereocenters. The molecule has 0 atom stereocenters. The Kier molecular flexibility index (Phi) is 5.31. The third-order valence-electron chi connectivity index (χ3n) is 2.03. The first-order valence-electron chi connectivity index (χ1n) is 4.84. The molecule has 0 aromatic carbocycles. The van der Waals surface area contributed by atoms with E-state index in [2.05, 4.69) is 10.3 Å². The fraction of sp³-hybridized carbons (Fsp3) is 0.667. The Balaban J connectivity index is 2.39. The zero-order chi connectivity index (χ0) is 11.1. The van der Waals surface area contributed by atoms with Crippen LogP contribution in [0, 0.1) is 0 Å². The number of ketones is 1. The van der Waals surface area contributed by atoms with E-state index < -0.39 is 0 Å². The first-order valence-corrected chi connectivity index (χ1v) is 5.73. The lowest BCUT2D eigenvalue weighted by Gasteiger charge is -2.03. The summed E-state index contributed by atoms with van der Waals surface area (Å²) in [4.78, 5) is 10.7. The zero-order valence-electron chi connectivity index (χ0n) is 8.65. The molecule has 1 heterocycles. The van der Waals surface area contributed by atoms with Crippen LogP contribution in [0.25, 0.3) is 0 Å². The minimum Gasteiger partial charge on any atom is -0.300 e. The second kappa shape index (κ2) is 6.55. The number of aromatic nitrogens is 3. The van der Waals surface area contributed by atoms with Gasteiger partial charge in [0.25, 0.3) is 0 Å². The highest BCUT2D eigenvalue weighted by molar-refractivity contribution is 7.94. The largest absolute Gasteiger partial charge is 0.300 e. The van der Waals surface area contributed by atoms with Crippen LogP contribution in [0.3, 0.4) is 0 Å². The van der Waals surface area contributed by atoms with Crippen molar-refractivity contribution in [1.82, 2.24) is 15.0 Å². The van der Waals surface area contributed by atoms with Crippen LogP contribution in [0.4, 0.5) is 3.89 Å². The lowest BCUT2D eigenvalue weighted by atomic mass is 10.2. The van der Waals surface area contributed by atoms with Gasteiger partial charge < -0.3 is 4.79 Å². The highest BCUT2D eigenvalue weighted by atomic mass is 32.2. The van der Waals surface area contributed by atoms with Gasteiger partial charge >= 0.3 is 0 Å². The number of carbonyl (C=O) groups excluding carboxylic acids is 1.